The zero-order chi connectivity index (χ0) is 16.7. The van der Waals surface area contributed by atoms with Gasteiger partial charge in [-0.2, -0.15) is 0 Å². The monoisotopic (exact) mass is 381 g/mol. The Bertz CT molecular complexity index is 664. The van der Waals surface area contributed by atoms with E-state index in [1.807, 2.05) is 12.1 Å². The van der Waals surface area contributed by atoms with E-state index in [1.165, 1.54) is 6.20 Å². The molecule has 3 heterocycles. The maximum Gasteiger partial charge on any atom is 0.377 e. The standard InChI is InChI=1S/C9H13N3O.C5H3BrN2O2/c10-9-8(2-1-3-11-9)12-4-6-13-7-5-12;6-4-2-1-3-7-5(4)8(9)10/h1-3H,4-7H2,(H2,10,11);1-3H. The number of aromatic nitrogens is 2. The van der Waals surface area contributed by atoms with Crippen molar-refractivity contribution in [3.05, 3.63) is 51.2 Å². The predicted molar refractivity (Wildman–Crippen MR) is 90.3 cm³/mol. The molecule has 0 aliphatic carbocycles. The van der Waals surface area contributed by atoms with Crippen molar-refractivity contribution >= 4 is 33.3 Å². The van der Waals surface area contributed by atoms with Crippen LogP contribution in [0.2, 0.25) is 0 Å². The first kappa shape index (κ1) is 17.1. The molecule has 2 aromatic rings. The minimum Gasteiger partial charge on any atom is -0.382 e. The van der Waals surface area contributed by atoms with Crippen LogP contribution < -0.4 is 10.6 Å². The Kier molecular flexibility index (Phi) is 6.24. The summed E-state index contributed by atoms with van der Waals surface area (Å²) < 4.78 is 5.66. The summed E-state index contributed by atoms with van der Waals surface area (Å²) in [4.78, 5) is 19.4. The van der Waals surface area contributed by atoms with Gasteiger partial charge in [-0.1, -0.05) is 0 Å². The Morgan fingerprint density at radius 1 is 1.22 bits per heavy atom. The molecule has 1 saturated heterocycles. The van der Waals surface area contributed by atoms with Crippen LogP contribution in [0.3, 0.4) is 0 Å². The Labute approximate surface area is 141 Å². The number of pyridine rings is 2. The van der Waals surface area contributed by atoms with Crippen molar-refractivity contribution in [1.82, 2.24) is 9.97 Å². The van der Waals surface area contributed by atoms with Gasteiger partial charge in [-0.05, 0) is 50.1 Å². The number of nitrogen functional groups attached to an aromatic ring is 1. The van der Waals surface area contributed by atoms with Crippen molar-refractivity contribution in [2.24, 2.45) is 0 Å². The molecule has 1 aliphatic heterocycles. The molecule has 0 aromatic carbocycles. The van der Waals surface area contributed by atoms with Crippen molar-refractivity contribution in [2.45, 2.75) is 0 Å². The van der Waals surface area contributed by atoms with Gasteiger partial charge in [-0.15, -0.1) is 0 Å². The lowest BCUT2D eigenvalue weighted by atomic mass is 10.3. The number of anilines is 2. The third kappa shape index (κ3) is 4.86. The molecule has 3 rings (SSSR count). The number of rotatable bonds is 2. The Hall–Kier alpha value is -2.26. The van der Waals surface area contributed by atoms with Crippen LogP contribution in [0.25, 0.3) is 0 Å². The molecule has 0 saturated carbocycles. The fourth-order valence-electron chi connectivity index (χ4n) is 1.99. The maximum absolute atomic E-state index is 10.1. The largest absolute Gasteiger partial charge is 0.382 e. The second-order valence-corrected chi connectivity index (χ2v) is 5.43. The van der Waals surface area contributed by atoms with Gasteiger partial charge in [0.15, 0.2) is 0 Å². The highest BCUT2D eigenvalue weighted by atomic mass is 79.9. The summed E-state index contributed by atoms with van der Waals surface area (Å²) in [5, 5.41) is 10.1. The highest BCUT2D eigenvalue weighted by molar-refractivity contribution is 9.10. The number of ether oxygens (including phenoxy) is 1. The molecule has 1 aliphatic rings. The minimum atomic E-state index is -0.538. The zero-order valence-electron chi connectivity index (χ0n) is 12.3. The van der Waals surface area contributed by atoms with Crippen LogP contribution in [0, 0.1) is 10.1 Å². The molecule has 1 fully saturated rings. The molecular weight excluding hydrogens is 366 g/mol. The second-order valence-electron chi connectivity index (χ2n) is 4.57. The van der Waals surface area contributed by atoms with Crippen LogP contribution in [0.4, 0.5) is 17.3 Å². The van der Waals surface area contributed by atoms with E-state index in [2.05, 4.69) is 30.8 Å². The van der Waals surface area contributed by atoms with Crippen LogP contribution in [-0.4, -0.2) is 41.2 Å². The van der Waals surface area contributed by atoms with E-state index in [0.717, 1.165) is 32.0 Å². The van der Waals surface area contributed by atoms with Gasteiger partial charge in [0.05, 0.1) is 18.9 Å². The normalized spacial score (nSPS) is 13.9. The van der Waals surface area contributed by atoms with E-state index >= 15 is 0 Å². The van der Waals surface area contributed by atoms with Crippen molar-refractivity contribution in [3.63, 3.8) is 0 Å². The highest BCUT2D eigenvalue weighted by Crippen LogP contribution is 2.21. The summed E-state index contributed by atoms with van der Waals surface area (Å²) in [5.41, 5.74) is 6.78. The molecule has 0 unspecified atom stereocenters. The van der Waals surface area contributed by atoms with E-state index in [9.17, 15) is 10.1 Å². The molecule has 8 nitrogen and oxygen atoms in total. The van der Waals surface area contributed by atoms with Gasteiger partial charge >= 0.3 is 5.82 Å². The van der Waals surface area contributed by atoms with E-state index in [-0.39, 0.29) is 5.82 Å². The quantitative estimate of drug-likeness (QED) is 0.627. The van der Waals surface area contributed by atoms with Gasteiger partial charge < -0.3 is 25.5 Å². The summed E-state index contributed by atoms with van der Waals surface area (Å²) in [6.45, 7) is 3.34. The number of morpholine rings is 1. The molecular formula is C14H16BrN5O3. The maximum atomic E-state index is 10.1. The minimum absolute atomic E-state index is 0.150. The summed E-state index contributed by atoms with van der Waals surface area (Å²) in [6, 6.07) is 7.09. The highest BCUT2D eigenvalue weighted by Gasteiger charge is 2.13. The van der Waals surface area contributed by atoms with E-state index < -0.39 is 4.92 Å². The molecule has 2 N–H and O–H groups in total. The first-order chi connectivity index (χ1) is 11.1. The van der Waals surface area contributed by atoms with Crippen molar-refractivity contribution in [1.29, 1.82) is 0 Å². The van der Waals surface area contributed by atoms with Crippen LogP contribution in [0.15, 0.2) is 41.1 Å². The average Bonchev–Trinajstić information content (AvgIpc) is 2.57. The van der Waals surface area contributed by atoms with E-state index in [0.29, 0.717) is 10.3 Å². The molecule has 9 heteroatoms. The molecule has 0 atom stereocenters. The number of hydrogen-bond donors (Lipinski definition) is 1. The second kappa shape index (κ2) is 8.39. The zero-order valence-corrected chi connectivity index (χ0v) is 13.8. The van der Waals surface area contributed by atoms with Crippen molar-refractivity contribution in [2.75, 3.05) is 36.9 Å². The third-order valence-corrected chi connectivity index (χ3v) is 3.70. The van der Waals surface area contributed by atoms with Crippen molar-refractivity contribution in [3.8, 4) is 0 Å². The molecule has 23 heavy (non-hydrogen) atoms. The van der Waals surface area contributed by atoms with Crippen LogP contribution in [-0.2, 0) is 4.74 Å². The Balaban J connectivity index is 0.000000174. The number of nitrogens with zero attached hydrogens (tertiary/aromatic N) is 4. The molecule has 0 spiro atoms. The van der Waals surface area contributed by atoms with Gasteiger partial charge in [-0.3, -0.25) is 0 Å². The number of halogens is 1. The Morgan fingerprint density at radius 3 is 2.43 bits per heavy atom. The van der Waals surface area contributed by atoms with Crippen molar-refractivity contribution < 1.29 is 9.66 Å². The molecule has 0 bridgehead atoms. The fraction of sp³-hybridized carbons (Fsp3) is 0.286. The van der Waals surface area contributed by atoms with E-state index in [4.69, 9.17) is 10.5 Å². The lowest BCUT2D eigenvalue weighted by Gasteiger charge is -2.29. The SMILES string of the molecule is Nc1ncccc1N1CCOCC1.O=[N+]([O-])c1ncccc1Br. The van der Waals surface area contributed by atoms with E-state index in [1.54, 1.807) is 18.3 Å². The summed E-state index contributed by atoms with van der Waals surface area (Å²) in [7, 11) is 0. The van der Waals surface area contributed by atoms with Gasteiger partial charge in [0.2, 0.25) is 0 Å². The van der Waals surface area contributed by atoms with Crippen LogP contribution in [0.1, 0.15) is 0 Å². The number of nitro groups is 1. The summed E-state index contributed by atoms with van der Waals surface area (Å²) in [6.07, 6.45) is 3.09. The van der Waals surface area contributed by atoms with Crippen LogP contribution in [0.5, 0.6) is 0 Å². The fourth-order valence-corrected chi connectivity index (χ4v) is 2.39. The third-order valence-electron chi connectivity index (χ3n) is 3.08. The lowest BCUT2D eigenvalue weighted by Crippen LogP contribution is -2.36. The average molecular weight is 382 g/mol. The summed E-state index contributed by atoms with van der Waals surface area (Å²) in [5.74, 6) is 0.451. The van der Waals surface area contributed by atoms with Gasteiger partial charge in [-0.25, -0.2) is 4.98 Å². The number of hydrogen-bond acceptors (Lipinski definition) is 7. The molecule has 122 valence electrons. The molecule has 0 radical (unpaired) electrons. The summed E-state index contributed by atoms with van der Waals surface area (Å²) >= 11 is 2.99. The Morgan fingerprint density at radius 2 is 1.87 bits per heavy atom. The van der Waals surface area contributed by atoms with Gasteiger partial charge in [0.1, 0.15) is 16.5 Å². The first-order valence-electron chi connectivity index (χ1n) is 6.87. The number of nitrogens with two attached hydrogens (primary N) is 1. The topological polar surface area (TPSA) is 107 Å². The van der Waals surface area contributed by atoms with Crippen LogP contribution >= 0.6 is 15.9 Å². The molecule has 0 amide bonds. The predicted octanol–water partition coefficient (Wildman–Crippen LogP) is 2.25. The van der Waals surface area contributed by atoms with Gasteiger partial charge in [0, 0.05) is 19.3 Å². The van der Waals surface area contributed by atoms with Gasteiger partial charge in [0.25, 0.3) is 0 Å². The first-order valence-corrected chi connectivity index (χ1v) is 7.67. The lowest BCUT2D eigenvalue weighted by molar-refractivity contribution is -0.390. The smallest absolute Gasteiger partial charge is 0.377 e. The molecule has 2 aromatic heterocycles.